The van der Waals surface area contributed by atoms with E-state index in [9.17, 15) is 4.79 Å². The summed E-state index contributed by atoms with van der Waals surface area (Å²) in [6, 6.07) is 5.34. The van der Waals surface area contributed by atoms with Gasteiger partial charge < -0.3 is 9.64 Å². The minimum absolute atomic E-state index is 0.168. The fraction of sp³-hybridized carbons (Fsp3) is 0.375. The Morgan fingerprint density at radius 3 is 2.78 bits per heavy atom. The van der Waals surface area contributed by atoms with Gasteiger partial charge in [0.2, 0.25) is 0 Å². The van der Waals surface area contributed by atoms with Crippen LogP contribution in [0.3, 0.4) is 0 Å². The largest absolute Gasteiger partial charge is 0.495 e. The Hall–Kier alpha value is -1.79. The number of benzene rings is 1. The van der Waals surface area contributed by atoms with Crippen molar-refractivity contribution in [3.63, 3.8) is 0 Å². The van der Waals surface area contributed by atoms with Crippen LogP contribution in [0, 0.1) is 6.92 Å². The van der Waals surface area contributed by atoms with Crippen molar-refractivity contribution in [1.82, 2.24) is 9.47 Å². The first-order valence-electron chi connectivity index (χ1n) is 7.45. The molecule has 1 aromatic heterocycles. The van der Waals surface area contributed by atoms with E-state index in [1.807, 2.05) is 29.8 Å². The molecule has 1 fully saturated rings. The summed E-state index contributed by atoms with van der Waals surface area (Å²) in [5.41, 5.74) is 0.864. The molecule has 5 nitrogen and oxygen atoms in total. The van der Waals surface area contributed by atoms with E-state index in [1.165, 1.54) is 11.3 Å². The van der Waals surface area contributed by atoms with Crippen molar-refractivity contribution in [2.45, 2.75) is 19.8 Å². The molecule has 23 heavy (non-hydrogen) atoms. The Kier molecular flexibility index (Phi) is 4.73. The van der Waals surface area contributed by atoms with Crippen LogP contribution in [-0.2, 0) is 0 Å². The number of thiazole rings is 1. The van der Waals surface area contributed by atoms with Crippen LogP contribution in [0.2, 0.25) is 5.02 Å². The lowest BCUT2D eigenvalue weighted by molar-refractivity contribution is 0.218. The fourth-order valence-corrected chi connectivity index (χ4v) is 3.60. The highest BCUT2D eigenvalue weighted by atomic mass is 35.5. The molecule has 1 aromatic carbocycles. The predicted octanol–water partition coefficient (Wildman–Crippen LogP) is 3.63. The number of hydrogen-bond donors (Lipinski definition) is 0. The molecule has 1 saturated heterocycles. The van der Waals surface area contributed by atoms with Crippen LogP contribution in [0.4, 0.5) is 4.79 Å². The van der Waals surface area contributed by atoms with Crippen molar-refractivity contribution >= 4 is 29.0 Å². The van der Waals surface area contributed by atoms with E-state index in [4.69, 9.17) is 16.3 Å². The number of hydrogen-bond acceptors (Lipinski definition) is 3. The maximum absolute atomic E-state index is 12.3. The monoisotopic (exact) mass is 351 g/mol. The highest BCUT2D eigenvalue weighted by molar-refractivity contribution is 7.09. The first-order valence-corrected chi connectivity index (χ1v) is 8.64. The lowest BCUT2D eigenvalue weighted by Crippen LogP contribution is -2.27. The molecule has 0 radical (unpaired) electrons. The first kappa shape index (κ1) is 16.1. The van der Waals surface area contributed by atoms with Gasteiger partial charge in [-0.05, 0) is 31.9 Å². The van der Waals surface area contributed by atoms with Crippen LogP contribution in [0.1, 0.15) is 17.7 Å². The van der Waals surface area contributed by atoms with Gasteiger partial charge in [-0.15, -0.1) is 11.3 Å². The summed E-state index contributed by atoms with van der Waals surface area (Å²) in [7, 11) is 1.58. The number of amides is 2. The van der Waals surface area contributed by atoms with Gasteiger partial charge in [0.1, 0.15) is 5.75 Å². The molecule has 7 heteroatoms. The second-order valence-electron chi connectivity index (χ2n) is 5.40. The minimum atomic E-state index is -0.168. The van der Waals surface area contributed by atoms with Crippen molar-refractivity contribution in [3.05, 3.63) is 39.1 Å². The third-order valence-electron chi connectivity index (χ3n) is 3.75. The molecule has 2 amide bonds. The van der Waals surface area contributed by atoms with Crippen LogP contribution >= 0.6 is 22.9 Å². The highest BCUT2D eigenvalue weighted by Crippen LogP contribution is 2.26. The quantitative estimate of drug-likeness (QED) is 0.829. The summed E-state index contributed by atoms with van der Waals surface area (Å²) in [6.45, 7) is 3.58. The van der Waals surface area contributed by atoms with Gasteiger partial charge in [-0.1, -0.05) is 11.6 Å². The standard InChI is InChI=1S/C16H18ClN3O2S/c1-11-10-20(12-5-6-13(17)14(9-12)22-2)16(23-11)18-15(21)19-7-3-4-8-19/h5-6,9-10H,3-4,7-8H2,1-2H3. The SMILES string of the molecule is COc1cc(-n2cc(C)sc2=NC(=O)N2CCCC2)ccc1Cl. The summed E-state index contributed by atoms with van der Waals surface area (Å²) in [6.07, 6.45) is 4.07. The molecule has 0 bridgehead atoms. The van der Waals surface area contributed by atoms with Crippen molar-refractivity contribution < 1.29 is 9.53 Å². The summed E-state index contributed by atoms with van der Waals surface area (Å²) in [5.74, 6) is 0.595. The summed E-state index contributed by atoms with van der Waals surface area (Å²) < 4.78 is 7.16. The van der Waals surface area contributed by atoms with Gasteiger partial charge in [-0.3, -0.25) is 4.57 Å². The van der Waals surface area contributed by atoms with Crippen LogP contribution in [0.15, 0.2) is 29.4 Å². The second kappa shape index (κ2) is 6.76. The summed E-state index contributed by atoms with van der Waals surface area (Å²) in [5, 5.41) is 0.551. The minimum Gasteiger partial charge on any atom is -0.495 e. The lowest BCUT2D eigenvalue weighted by atomic mass is 10.3. The van der Waals surface area contributed by atoms with E-state index >= 15 is 0 Å². The van der Waals surface area contributed by atoms with Crippen molar-refractivity contribution in [2.24, 2.45) is 4.99 Å². The number of nitrogens with zero attached hydrogens (tertiary/aromatic N) is 3. The fourth-order valence-electron chi connectivity index (χ4n) is 2.58. The molecular weight excluding hydrogens is 334 g/mol. The molecule has 2 heterocycles. The zero-order valence-corrected chi connectivity index (χ0v) is 14.7. The molecule has 0 saturated carbocycles. The van der Waals surface area contributed by atoms with E-state index in [1.54, 1.807) is 18.1 Å². The van der Waals surface area contributed by atoms with Gasteiger partial charge in [0, 0.05) is 30.2 Å². The van der Waals surface area contributed by atoms with Gasteiger partial charge in [0.25, 0.3) is 0 Å². The number of rotatable bonds is 2. The number of aromatic nitrogens is 1. The molecule has 1 aliphatic heterocycles. The number of halogens is 1. The Bertz CT molecular complexity index is 791. The third kappa shape index (κ3) is 3.43. The number of urea groups is 1. The van der Waals surface area contributed by atoms with Crippen molar-refractivity contribution in [2.75, 3.05) is 20.2 Å². The normalized spacial score (nSPS) is 15.3. The number of likely N-dealkylation sites (tertiary alicyclic amines) is 1. The number of methoxy groups -OCH3 is 1. The molecule has 122 valence electrons. The van der Waals surface area contributed by atoms with E-state index in [0.717, 1.165) is 36.5 Å². The van der Waals surface area contributed by atoms with Crippen molar-refractivity contribution in [1.29, 1.82) is 0 Å². The topological polar surface area (TPSA) is 46.8 Å². The van der Waals surface area contributed by atoms with Gasteiger partial charge in [0.15, 0.2) is 4.80 Å². The molecule has 3 rings (SSSR count). The maximum atomic E-state index is 12.3. The van der Waals surface area contributed by atoms with E-state index in [2.05, 4.69) is 4.99 Å². The zero-order chi connectivity index (χ0) is 16.4. The molecular formula is C16H18ClN3O2S. The molecule has 0 spiro atoms. The number of carbonyl (C=O) groups excluding carboxylic acids is 1. The Morgan fingerprint density at radius 2 is 2.09 bits per heavy atom. The first-order chi connectivity index (χ1) is 11.1. The molecule has 0 N–H and O–H groups in total. The van der Waals surface area contributed by atoms with Gasteiger partial charge in [-0.25, -0.2) is 4.79 Å². The molecule has 2 aromatic rings. The molecule has 0 atom stereocenters. The van der Waals surface area contributed by atoms with E-state index in [-0.39, 0.29) is 6.03 Å². The number of ether oxygens (including phenoxy) is 1. The van der Waals surface area contributed by atoms with Crippen LogP contribution < -0.4 is 9.54 Å². The second-order valence-corrected chi connectivity index (χ2v) is 7.02. The predicted molar refractivity (Wildman–Crippen MR) is 91.7 cm³/mol. The lowest BCUT2D eigenvalue weighted by Gasteiger charge is -2.11. The van der Waals surface area contributed by atoms with E-state index < -0.39 is 0 Å². The average Bonchev–Trinajstić information content (AvgIpc) is 3.18. The van der Waals surface area contributed by atoms with Crippen molar-refractivity contribution in [3.8, 4) is 11.4 Å². The Labute approximate surface area is 143 Å². The number of aryl methyl sites for hydroxylation is 1. The Balaban J connectivity index is 2.02. The molecule has 0 aliphatic carbocycles. The third-order valence-corrected chi connectivity index (χ3v) is 4.96. The smallest absolute Gasteiger partial charge is 0.346 e. The zero-order valence-electron chi connectivity index (χ0n) is 13.1. The molecule has 0 unspecified atom stereocenters. The summed E-state index contributed by atoms with van der Waals surface area (Å²) in [4.78, 5) is 20.1. The van der Waals surface area contributed by atoms with E-state index in [0.29, 0.717) is 15.6 Å². The summed E-state index contributed by atoms with van der Waals surface area (Å²) >= 11 is 7.57. The Morgan fingerprint density at radius 1 is 1.35 bits per heavy atom. The maximum Gasteiger partial charge on any atom is 0.346 e. The van der Waals surface area contributed by atoms with Gasteiger partial charge >= 0.3 is 6.03 Å². The van der Waals surface area contributed by atoms with Crippen LogP contribution in [0.25, 0.3) is 5.69 Å². The highest BCUT2D eigenvalue weighted by Gasteiger charge is 2.17. The molecule has 1 aliphatic rings. The van der Waals surface area contributed by atoms with Crippen LogP contribution in [0.5, 0.6) is 5.75 Å². The van der Waals surface area contributed by atoms with Crippen LogP contribution in [-0.4, -0.2) is 35.7 Å². The van der Waals surface area contributed by atoms with Gasteiger partial charge in [-0.2, -0.15) is 4.99 Å². The van der Waals surface area contributed by atoms with Gasteiger partial charge in [0.05, 0.1) is 17.8 Å². The average molecular weight is 352 g/mol. The number of carbonyl (C=O) groups is 1.